The van der Waals surface area contributed by atoms with Crippen LogP contribution in [0.4, 0.5) is 0 Å². The second-order valence-electron chi connectivity index (χ2n) is 9.98. The van der Waals surface area contributed by atoms with Crippen LogP contribution in [-0.2, 0) is 4.74 Å². The van der Waals surface area contributed by atoms with Crippen LogP contribution < -0.4 is 11.0 Å². The molecule has 0 radical (unpaired) electrons. The van der Waals surface area contributed by atoms with Gasteiger partial charge in [0.25, 0.3) is 0 Å². The van der Waals surface area contributed by atoms with Gasteiger partial charge in [-0.3, -0.25) is 4.57 Å². The Labute approximate surface area is 198 Å². The average molecular weight is 461 g/mol. The number of rotatable bonds is 4. The zero-order valence-corrected chi connectivity index (χ0v) is 19.9. The molecule has 0 atom stereocenters. The Bertz CT molecular complexity index is 1390. The van der Waals surface area contributed by atoms with Crippen LogP contribution in [0.3, 0.4) is 0 Å². The second-order valence-corrected chi connectivity index (χ2v) is 9.98. The number of benzene rings is 1. The van der Waals surface area contributed by atoms with Crippen LogP contribution in [-0.4, -0.2) is 49.4 Å². The van der Waals surface area contributed by atoms with Crippen molar-refractivity contribution in [3.63, 3.8) is 0 Å². The molecule has 6 rings (SSSR count). The number of aromatic nitrogens is 5. The minimum Gasteiger partial charge on any atom is -0.381 e. The van der Waals surface area contributed by atoms with E-state index in [1.54, 1.807) is 6.33 Å². The normalized spacial score (nSPS) is 22.1. The molecular formula is C26H32N6O2. The van der Waals surface area contributed by atoms with E-state index in [9.17, 15) is 4.79 Å². The fourth-order valence-corrected chi connectivity index (χ4v) is 5.89. The van der Waals surface area contributed by atoms with E-state index in [1.165, 1.54) is 0 Å². The number of pyridine rings is 1. The Morgan fingerprint density at radius 2 is 1.76 bits per heavy atom. The summed E-state index contributed by atoms with van der Waals surface area (Å²) in [7, 11) is 0. The van der Waals surface area contributed by atoms with Crippen molar-refractivity contribution in [2.24, 2.45) is 0 Å². The third-order valence-electron chi connectivity index (χ3n) is 7.69. The van der Waals surface area contributed by atoms with Crippen LogP contribution in [0.5, 0.6) is 0 Å². The van der Waals surface area contributed by atoms with E-state index in [-0.39, 0.29) is 11.7 Å². The Hall–Kier alpha value is -2.97. The molecule has 1 saturated carbocycles. The lowest BCUT2D eigenvalue weighted by Gasteiger charge is -2.34. The topological polar surface area (TPSA) is 89.2 Å². The lowest BCUT2D eigenvalue weighted by atomic mass is 9.89. The molecule has 1 aromatic carbocycles. The summed E-state index contributed by atoms with van der Waals surface area (Å²) in [4.78, 5) is 20.5. The quantitative estimate of drug-likeness (QED) is 0.482. The highest BCUT2D eigenvalue weighted by Crippen LogP contribution is 2.33. The van der Waals surface area contributed by atoms with Gasteiger partial charge < -0.3 is 15.0 Å². The predicted molar refractivity (Wildman–Crippen MR) is 132 cm³/mol. The number of fused-ring (bicyclic) bond motifs is 2. The molecule has 1 aliphatic carbocycles. The van der Waals surface area contributed by atoms with Crippen LogP contribution in [0.2, 0.25) is 0 Å². The minimum atomic E-state index is -0.00435. The van der Waals surface area contributed by atoms with Crippen molar-refractivity contribution in [2.75, 3.05) is 13.2 Å². The van der Waals surface area contributed by atoms with Gasteiger partial charge in [-0.1, -0.05) is 0 Å². The van der Waals surface area contributed by atoms with E-state index in [2.05, 4.69) is 45.5 Å². The third kappa shape index (κ3) is 3.84. The number of ether oxygens (including phenoxy) is 1. The summed E-state index contributed by atoms with van der Waals surface area (Å²) in [6.07, 6.45) is 10.1. The van der Waals surface area contributed by atoms with Gasteiger partial charge in [-0.05, 0) is 87.3 Å². The smallest absolute Gasteiger partial charge is 0.326 e. The minimum absolute atomic E-state index is 0.00435. The summed E-state index contributed by atoms with van der Waals surface area (Å²) in [5.41, 5.74) is 7.16. The zero-order chi connectivity index (χ0) is 23.2. The van der Waals surface area contributed by atoms with E-state index in [0.29, 0.717) is 12.1 Å². The molecule has 1 saturated heterocycles. The molecule has 4 heterocycles. The van der Waals surface area contributed by atoms with Gasteiger partial charge in [0.2, 0.25) is 0 Å². The van der Waals surface area contributed by atoms with Crippen molar-refractivity contribution in [1.82, 2.24) is 29.5 Å². The van der Waals surface area contributed by atoms with Gasteiger partial charge in [0.05, 0.1) is 11.0 Å². The van der Waals surface area contributed by atoms with Crippen LogP contribution in [0.15, 0.2) is 35.5 Å². The molecule has 178 valence electrons. The lowest BCUT2D eigenvalue weighted by molar-refractivity contribution is 0.0724. The molecule has 3 aromatic heterocycles. The van der Waals surface area contributed by atoms with E-state index in [0.717, 1.165) is 90.7 Å². The van der Waals surface area contributed by atoms with Crippen molar-refractivity contribution in [2.45, 2.75) is 70.5 Å². The van der Waals surface area contributed by atoms with E-state index in [1.807, 2.05) is 22.2 Å². The van der Waals surface area contributed by atoms with Gasteiger partial charge in [-0.25, -0.2) is 14.3 Å². The monoisotopic (exact) mass is 460 g/mol. The van der Waals surface area contributed by atoms with Gasteiger partial charge in [-0.15, -0.1) is 0 Å². The lowest BCUT2D eigenvalue weighted by Crippen LogP contribution is -2.43. The summed E-state index contributed by atoms with van der Waals surface area (Å²) in [5.74, 6) is 0. The molecule has 0 bridgehead atoms. The summed E-state index contributed by atoms with van der Waals surface area (Å²) in [6.45, 7) is 5.90. The van der Waals surface area contributed by atoms with Gasteiger partial charge in [0, 0.05) is 43.1 Å². The summed E-state index contributed by atoms with van der Waals surface area (Å²) < 4.78 is 9.30. The molecule has 34 heavy (non-hydrogen) atoms. The van der Waals surface area contributed by atoms with Crippen LogP contribution in [0, 0.1) is 13.8 Å². The highest BCUT2D eigenvalue weighted by atomic mass is 16.5. The summed E-state index contributed by atoms with van der Waals surface area (Å²) in [5, 5.41) is 8.15. The Morgan fingerprint density at radius 1 is 1.00 bits per heavy atom. The first kappa shape index (κ1) is 21.6. The van der Waals surface area contributed by atoms with Crippen molar-refractivity contribution in [3.8, 4) is 11.1 Å². The molecular weight excluding hydrogens is 428 g/mol. The van der Waals surface area contributed by atoms with Crippen molar-refractivity contribution in [1.29, 1.82) is 0 Å². The number of aromatic amines is 1. The Balaban J connectivity index is 1.26. The zero-order valence-electron chi connectivity index (χ0n) is 19.9. The molecule has 0 spiro atoms. The predicted octanol–water partition coefficient (Wildman–Crippen LogP) is 3.91. The fourth-order valence-electron chi connectivity index (χ4n) is 5.89. The maximum absolute atomic E-state index is 13.0. The maximum Gasteiger partial charge on any atom is 0.326 e. The molecule has 2 fully saturated rings. The van der Waals surface area contributed by atoms with Gasteiger partial charge in [0.1, 0.15) is 6.33 Å². The number of hydrogen-bond donors (Lipinski definition) is 2. The van der Waals surface area contributed by atoms with Crippen LogP contribution >= 0.6 is 0 Å². The number of hydrogen-bond acceptors (Lipinski definition) is 5. The summed E-state index contributed by atoms with van der Waals surface area (Å²) in [6, 6.07) is 7.78. The number of aryl methyl sites for hydroxylation is 2. The number of H-pyrrole nitrogens is 1. The van der Waals surface area contributed by atoms with Crippen molar-refractivity contribution in [3.05, 3.63) is 52.3 Å². The molecule has 8 heteroatoms. The molecule has 2 aliphatic rings. The fraction of sp³-hybridized carbons (Fsp3) is 0.500. The van der Waals surface area contributed by atoms with Crippen LogP contribution in [0.25, 0.3) is 27.8 Å². The maximum atomic E-state index is 13.0. The average Bonchev–Trinajstić information content (AvgIpc) is 3.44. The van der Waals surface area contributed by atoms with E-state index < -0.39 is 0 Å². The summed E-state index contributed by atoms with van der Waals surface area (Å²) >= 11 is 0. The number of imidazole rings is 1. The number of nitrogens with one attached hydrogen (secondary N) is 2. The Morgan fingerprint density at radius 3 is 2.56 bits per heavy atom. The van der Waals surface area contributed by atoms with E-state index >= 15 is 0 Å². The van der Waals surface area contributed by atoms with Crippen molar-refractivity contribution < 1.29 is 4.74 Å². The Kier molecular flexibility index (Phi) is 5.50. The first-order valence-corrected chi connectivity index (χ1v) is 12.5. The molecule has 0 unspecified atom stereocenters. The first-order chi connectivity index (χ1) is 16.6. The number of nitrogens with zero attached hydrogens (tertiary/aromatic N) is 4. The van der Waals surface area contributed by atoms with Crippen LogP contribution in [0.1, 0.15) is 55.7 Å². The molecule has 0 amide bonds. The standard InChI is InChI=1S/C26H32N6O2/c1-16-12-24-23(13-22(16)18-11-17(2)25-27-15-28-31(25)14-18)30-26(33)32(24)21-5-3-19(4-6-21)29-20-7-9-34-10-8-20/h11-15,19-21,29H,3-10H2,1-2H3,(H,30,33)/t19-,21+. The highest BCUT2D eigenvalue weighted by molar-refractivity contribution is 5.84. The highest BCUT2D eigenvalue weighted by Gasteiger charge is 2.27. The molecule has 2 N–H and O–H groups in total. The van der Waals surface area contributed by atoms with E-state index in [4.69, 9.17) is 4.74 Å². The SMILES string of the molecule is Cc1cc2c(cc1-c1cc(C)c3ncnn3c1)[nH]c(=O)n2[C@H]1CC[C@@H](NC2CCOCC2)CC1. The van der Waals surface area contributed by atoms with Gasteiger partial charge in [0.15, 0.2) is 5.65 Å². The largest absolute Gasteiger partial charge is 0.381 e. The molecule has 8 nitrogen and oxygen atoms in total. The molecule has 4 aromatic rings. The second kappa shape index (κ2) is 8.67. The van der Waals surface area contributed by atoms with Crippen molar-refractivity contribution >= 4 is 16.7 Å². The third-order valence-corrected chi connectivity index (χ3v) is 7.69. The van der Waals surface area contributed by atoms with Gasteiger partial charge in [-0.2, -0.15) is 5.10 Å². The van der Waals surface area contributed by atoms with Gasteiger partial charge >= 0.3 is 5.69 Å². The molecule has 1 aliphatic heterocycles. The first-order valence-electron chi connectivity index (χ1n) is 12.5.